The number of hydrogen-bond donors (Lipinski definition) is 0. The molecule has 0 N–H and O–H groups in total. The fraction of sp³-hybridized carbons (Fsp3) is 0.385. The summed E-state index contributed by atoms with van der Waals surface area (Å²) in [6, 6.07) is 13.7. The number of aryl methyl sites for hydroxylation is 2. The zero-order valence-corrected chi connectivity index (χ0v) is 19.5. The van der Waals surface area contributed by atoms with Crippen LogP contribution in [0.5, 0.6) is 11.5 Å². The average molecular weight is 434 g/mol. The standard InChI is InChI=1S/C26H31N3O3/c1-17-10-12-28(13-11-17)26(30)24-16-22(21-8-7-20(31-4)15-25(21)32-5)27-29(24)23-9-6-18(2)14-19(23)3/h6-9,14-17H,10-13H2,1-5H3. The maximum atomic E-state index is 13.6. The molecule has 0 spiro atoms. The number of nitrogens with zero attached hydrogens (tertiary/aromatic N) is 3. The molecule has 6 nitrogen and oxygen atoms in total. The Morgan fingerprint density at radius 3 is 2.41 bits per heavy atom. The molecule has 4 rings (SSSR count). The molecule has 1 saturated heterocycles. The summed E-state index contributed by atoms with van der Waals surface area (Å²) in [5.74, 6) is 2.03. The quantitative estimate of drug-likeness (QED) is 0.565. The summed E-state index contributed by atoms with van der Waals surface area (Å²) in [6.45, 7) is 7.91. The average Bonchev–Trinajstić information content (AvgIpc) is 3.23. The molecule has 3 aromatic rings. The van der Waals surface area contributed by atoms with E-state index in [0.29, 0.717) is 28.8 Å². The van der Waals surface area contributed by atoms with E-state index in [-0.39, 0.29) is 5.91 Å². The number of piperidine rings is 1. The van der Waals surface area contributed by atoms with Gasteiger partial charge in [0.2, 0.25) is 0 Å². The summed E-state index contributed by atoms with van der Waals surface area (Å²) in [5.41, 5.74) is 5.23. The third-order valence-corrected chi connectivity index (χ3v) is 6.26. The van der Waals surface area contributed by atoms with E-state index in [0.717, 1.165) is 42.7 Å². The van der Waals surface area contributed by atoms with Gasteiger partial charge in [-0.25, -0.2) is 4.68 Å². The first-order valence-electron chi connectivity index (χ1n) is 11.1. The lowest BCUT2D eigenvalue weighted by atomic mass is 9.99. The van der Waals surface area contributed by atoms with Crippen LogP contribution in [0.4, 0.5) is 0 Å². The van der Waals surface area contributed by atoms with E-state index in [1.54, 1.807) is 18.9 Å². The topological polar surface area (TPSA) is 56.6 Å². The fourth-order valence-electron chi connectivity index (χ4n) is 4.28. The number of hydrogen-bond acceptors (Lipinski definition) is 4. The molecule has 0 unspecified atom stereocenters. The van der Waals surface area contributed by atoms with Crippen LogP contribution >= 0.6 is 0 Å². The van der Waals surface area contributed by atoms with Gasteiger partial charge in [-0.05, 0) is 62.4 Å². The Balaban J connectivity index is 1.83. The van der Waals surface area contributed by atoms with E-state index in [4.69, 9.17) is 14.6 Å². The van der Waals surface area contributed by atoms with Crippen LogP contribution in [-0.2, 0) is 0 Å². The van der Waals surface area contributed by atoms with Gasteiger partial charge in [0.1, 0.15) is 17.2 Å². The summed E-state index contributed by atoms with van der Waals surface area (Å²) >= 11 is 0. The zero-order chi connectivity index (χ0) is 22.8. The van der Waals surface area contributed by atoms with Crippen molar-refractivity contribution >= 4 is 5.91 Å². The van der Waals surface area contributed by atoms with E-state index in [1.165, 1.54) is 5.56 Å². The molecule has 0 bridgehead atoms. The van der Waals surface area contributed by atoms with E-state index in [2.05, 4.69) is 32.9 Å². The predicted octanol–water partition coefficient (Wildman–Crippen LogP) is 5.05. The first kappa shape index (κ1) is 21.9. The largest absolute Gasteiger partial charge is 0.497 e. The van der Waals surface area contributed by atoms with Crippen molar-refractivity contribution in [3.63, 3.8) is 0 Å². The van der Waals surface area contributed by atoms with Crippen molar-refractivity contribution in [2.45, 2.75) is 33.6 Å². The second-order valence-corrected chi connectivity index (χ2v) is 8.66. The van der Waals surface area contributed by atoms with Gasteiger partial charge in [-0.15, -0.1) is 0 Å². The third-order valence-electron chi connectivity index (χ3n) is 6.26. The second-order valence-electron chi connectivity index (χ2n) is 8.66. The normalized spacial score (nSPS) is 14.5. The molecular formula is C26H31N3O3. The lowest BCUT2D eigenvalue weighted by Gasteiger charge is -2.30. The molecule has 1 aromatic heterocycles. The minimum absolute atomic E-state index is 0.0168. The SMILES string of the molecule is COc1ccc(-c2cc(C(=O)N3CCC(C)CC3)n(-c3ccc(C)cc3C)n2)c(OC)c1. The highest BCUT2D eigenvalue weighted by Crippen LogP contribution is 2.34. The van der Waals surface area contributed by atoms with Crippen molar-refractivity contribution in [1.82, 2.24) is 14.7 Å². The summed E-state index contributed by atoms with van der Waals surface area (Å²) < 4.78 is 12.7. The number of rotatable bonds is 5. The summed E-state index contributed by atoms with van der Waals surface area (Å²) in [7, 11) is 3.25. The smallest absolute Gasteiger partial charge is 0.272 e. The van der Waals surface area contributed by atoms with Crippen molar-refractivity contribution < 1.29 is 14.3 Å². The Bertz CT molecular complexity index is 1130. The van der Waals surface area contributed by atoms with Gasteiger partial charge < -0.3 is 14.4 Å². The molecule has 32 heavy (non-hydrogen) atoms. The van der Waals surface area contributed by atoms with Crippen LogP contribution in [-0.4, -0.2) is 47.9 Å². The van der Waals surface area contributed by atoms with Crippen molar-refractivity contribution in [2.24, 2.45) is 5.92 Å². The van der Waals surface area contributed by atoms with E-state index >= 15 is 0 Å². The van der Waals surface area contributed by atoms with E-state index in [1.807, 2.05) is 35.2 Å². The van der Waals surface area contributed by atoms with Gasteiger partial charge >= 0.3 is 0 Å². The van der Waals surface area contributed by atoms with E-state index in [9.17, 15) is 4.79 Å². The number of amides is 1. The number of carbonyl (C=O) groups excluding carboxylic acids is 1. The van der Waals surface area contributed by atoms with Crippen LogP contribution < -0.4 is 9.47 Å². The van der Waals surface area contributed by atoms with Gasteiger partial charge in [0.05, 0.1) is 25.6 Å². The zero-order valence-electron chi connectivity index (χ0n) is 19.5. The Morgan fingerprint density at radius 2 is 1.75 bits per heavy atom. The van der Waals surface area contributed by atoms with Gasteiger partial charge in [0, 0.05) is 24.7 Å². The molecule has 0 saturated carbocycles. The molecule has 1 aliphatic rings. The maximum Gasteiger partial charge on any atom is 0.272 e. The molecule has 6 heteroatoms. The molecule has 1 fully saturated rings. The molecule has 1 aliphatic heterocycles. The lowest BCUT2D eigenvalue weighted by molar-refractivity contribution is 0.0688. The molecular weight excluding hydrogens is 402 g/mol. The highest BCUT2D eigenvalue weighted by Gasteiger charge is 2.27. The monoisotopic (exact) mass is 433 g/mol. The fourth-order valence-corrected chi connectivity index (χ4v) is 4.28. The molecule has 2 heterocycles. The van der Waals surface area contributed by atoms with Crippen molar-refractivity contribution in [3.8, 4) is 28.4 Å². The van der Waals surface area contributed by atoms with Crippen molar-refractivity contribution in [2.75, 3.05) is 27.3 Å². The Kier molecular flexibility index (Phi) is 6.21. The number of benzene rings is 2. The molecule has 0 radical (unpaired) electrons. The second kappa shape index (κ2) is 9.07. The molecule has 0 aliphatic carbocycles. The highest BCUT2D eigenvalue weighted by molar-refractivity contribution is 5.94. The first-order chi connectivity index (χ1) is 15.4. The van der Waals surface area contributed by atoms with Crippen molar-refractivity contribution in [3.05, 3.63) is 59.3 Å². The number of methoxy groups -OCH3 is 2. The minimum Gasteiger partial charge on any atom is -0.497 e. The molecule has 2 aromatic carbocycles. The van der Waals surface area contributed by atoms with E-state index < -0.39 is 0 Å². The Morgan fingerprint density at radius 1 is 1.00 bits per heavy atom. The Labute approximate surface area is 189 Å². The number of likely N-dealkylation sites (tertiary alicyclic amines) is 1. The van der Waals surface area contributed by atoms with Crippen LogP contribution in [0.2, 0.25) is 0 Å². The van der Waals surface area contributed by atoms with Crippen LogP contribution in [0.1, 0.15) is 41.4 Å². The number of carbonyl (C=O) groups is 1. The maximum absolute atomic E-state index is 13.6. The van der Waals surface area contributed by atoms with Crippen molar-refractivity contribution in [1.29, 1.82) is 0 Å². The molecule has 0 atom stereocenters. The summed E-state index contributed by atoms with van der Waals surface area (Å²) in [5, 5.41) is 4.88. The summed E-state index contributed by atoms with van der Waals surface area (Å²) in [6.07, 6.45) is 2.06. The number of aromatic nitrogens is 2. The highest BCUT2D eigenvalue weighted by atomic mass is 16.5. The van der Waals surface area contributed by atoms with Gasteiger partial charge in [-0.2, -0.15) is 5.10 Å². The molecule has 168 valence electrons. The lowest BCUT2D eigenvalue weighted by Crippen LogP contribution is -2.38. The molecule has 1 amide bonds. The van der Waals surface area contributed by atoms with Gasteiger partial charge in [-0.3, -0.25) is 4.79 Å². The van der Waals surface area contributed by atoms with Gasteiger partial charge in [0.15, 0.2) is 0 Å². The van der Waals surface area contributed by atoms with Gasteiger partial charge in [0.25, 0.3) is 5.91 Å². The Hall–Kier alpha value is -3.28. The van der Waals surface area contributed by atoms with Crippen LogP contribution in [0.3, 0.4) is 0 Å². The first-order valence-corrected chi connectivity index (χ1v) is 11.1. The van der Waals surface area contributed by atoms with Gasteiger partial charge in [-0.1, -0.05) is 24.6 Å². The summed E-state index contributed by atoms with van der Waals surface area (Å²) in [4.78, 5) is 15.5. The van der Waals surface area contributed by atoms with Crippen LogP contribution in [0.25, 0.3) is 16.9 Å². The number of ether oxygens (including phenoxy) is 2. The van der Waals surface area contributed by atoms with Crippen LogP contribution in [0.15, 0.2) is 42.5 Å². The third kappa shape index (κ3) is 4.22. The van der Waals surface area contributed by atoms with Crippen LogP contribution in [0, 0.1) is 19.8 Å². The predicted molar refractivity (Wildman–Crippen MR) is 126 cm³/mol. The minimum atomic E-state index is 0.0168.